The summed E-state index contributed by atoms with van der Waals surface area (Å²) in [5.41, 5.74) is 3.15. The molecule has 0 bridgehead atoms. The van der Waals surface area contributed by atoms with Crippen LogP contribution in [-0.2, 0) is 11.2 Å². The zero-order valence-corrected chi connectivity index (χ0v) is 15.6. The molecular formula is C21H24FN3O2. The summed E-state index contributed by atoms with van der Waals surface area (Å²) in [6.45, 7) is 4.99. The Morgan fingerprint density at radius 2 is 1.74 bits per heavy atom. The third-order valence-corrected chi connectivity index (χ3v) is 4.57. The second-order valence-corrected chi connectivity index (χ2v) is 7.16. The van der Waals surface area contributed by atoms with Gasteiger partial charge in [-0.25, -0.2) is 9.18 Å². The van der Waals surface area contributed by atoms with Crippen molar-refractivity contribution in [3.63, 3.8) is 0 Å². The smallest absolute Gasteiger partial charge is 0.312 e. The molecule has 2 aromatic carbocycles. The zero-order chi connectivity index (χ0) is 19.4. The van der Waals surface area contributed by atoms with Crippen LogP contribution in [-0.4, -0.2) is 18.5 Å². The standard InChI is InChI=1S/C21H24FN3O2/c1-14(2)11-12-25-19-9-8-18(13-15(19)3-10-20(25)26)24-21(27)23-17-6-4-16(22)5-7-17/h4-9,13-14H,3,10-12H2,1-2H3,(H2,23,24,27). The molecule has 142 valence electrons. The molecule has 0 radical (unpaired) electrons. The van der Waals surface area contributed by atoms with Gasteiger partial charge < -0.3 is 15.5 Å². The third-order valence-electron chi connectivity index (χ3n) is 4.57. The quantitative estimate of drug-likeness (QED) is 0.796. The van der Waals surface area contributed by atoms with Crippen LogP contribution in [0.25, 0.3) is 0 Å². The first-order chi connectivity index (χ1) is 12.9. The van der Waals surface area contributed by atoms with E-state index >= 15 is 0 Å². The van der Waals surface area contributed by atoms with Gasteiger partial charge in [0.25, 0.3) is 0 Å². The van der Waals surface area contributed by atoms with E-state index < -0.39 is 6.03 Å². The number of nitrogens with one attached hydrogen (secondary N) is 2. The van der Waals surface area contributed by atoms with E-state index in [0.29, 0.717) is 36.7 Å². The summed E-state index contributed by atoms with van der Waals surface area (Å²) in [6.07, 6.45) is 2.10. The SMILES string of the molecule is CC(C)CCN1C(=O)CCc2cc(NC(=O)Nc3ccc(F)cc3)ccc21. The Labute approximate surface area is 158 Å². The number of hydrogen-bond donors (Lipinski definition) is 2. The highest BCUT2D eigenvalue weighted by Gasteiger charge is 2.24. The normalized spacial score (nSPS) is 13.5. The summed E-state index contributed by atoms with van der Waals surface area (Å²) in [5, 5.41) is 5.45. The predicted octanol–water partition coefficient (Wildman–Crippen LogP) is 4.80. The predicted molar refractivity (Wildman–Crippen MR) is 106 cm³/mol. The van der Waals surface area contributed by atoms with Gasteiger partial charge in [-0.3, -0.25) is 4.79 Å². The number of carbonyl (C=O) groups is 2. The van der Waals surface area contributed by atoms with Crippen LogP contribution in [0.5, 0.6) is 0 Å². The second kappa shape index (κ2) is 8.20. The number of aryl methyl sites for hydroxylation is 1. The van der Waals surface area contributed by atoms with Crippen molar-refractivity contribution in [2.75, 3.05) is 22.1 Å². The van der Waals surface area contributed by atoms with Crippen molar-refractivity contribution >= 4 is 29.0 Å². The Kier molecular flexibility index (Phi) is 5.74. The molecule has 2 aromatic rings. The fraction of sp³-hybridized carbons (Fsp3) is 0.333. The fourth-order valence-electron chi connectivity index (χ4n) is 3.10. The number of anilines is 3. The summed E-state index contributed by atoms with van der Waals surface area (Å²) < 4.78 is 12.9. The molecule has 3 rings (SSSR count). The molecule has 3 amide bonds. The van der Waals surface area contributed by atoms with Gasteiger partial charge in [0.15, 0.2) is 0 Å². The van der Waals surface area contributed by atoms with Crippen molar-refractivity contribution in [1.82, 2.24) is 0 Å². The third kappa shape index (κ3) is 4.84. The van der Waals surface area contributed by atoms with Crippen molar-refractivity contribution in [2.45, 2.75) is 33.1 Å². The molecule has 0 unspecified atom stereocenters. The van der Waals surface area contributed by atoms with E-state index in [-0.39, 0.29) is 11.7 Å². The summed E-state index contributed by atoms with van der Waals surface area (Å²) in [6, 6.07) is 10.8. The van der Waals surface area contributed by atoms with Gasteiger partial charge in [0.05, 0.1) is 0 Å². The minimum Gasteiger partial charge on any atom is -0.312 e. The van der Waals surface area contributed by atoms with Gasteiger partial charge in [0.2, 0.25) is 5.91 Å². The van der Waals surface area contributed by atoms with Crippen LogP contribution in [0.1, 0.15) is 32.3 Å². The molecule has 5 nitrogen and oxygen atoms in total. The van der Waals surface area contributed by atoms with E-state index in [0.717, 1.165) is 17.7 Å². The highest BCUT2D eigenvalue weighted by Crippen LogP contribution is 2.31. The van der Waals surface area contributed by atoms with Gasteiger partial charge >= 0.3 is 6.03 Å². The number of hydrogen-bond acceptors (Lipinski definition) is 2. The van der Waals surface area contributed by atoms with E-state index in [1.165, 1.54) is 24.3 Å². The van der Waals surface area contributed by atoms with E-state index in [1.54, 1.807) is 6.07 Å². The van der Waals surface area contributed by atoms with Gasteiger partial charge in [0.1, 0.15) is 5.82 Å². The molecule has 0 atom stereocenters. The summed E-state index contributed by atoms with van der Waals surface area (Å²) in [7, 11) is 0. The van der Waals surface area contributed by atoms with E-state index in [2.05, 4.69) is 24.5 Å². The Morgan fingerprint density at radius 1 is 1.07 bits per heavy atom. The lowest BCUT2D eigenvalue weighted by molar-refractivity contribution is -0.118. The van der Waals surface area contributed by atoms with Gasteiger partial charge in [0, 0.05) is 30.0 Å². The van der Waals surface area contributed by atoms with Crippen LogP contribution in [0.2, 0.25) is 0 Å². The molecule has 0 saturated heterocycles. The van der Waals surface area contributed by atoms with Gasteiger partial charge in [-0.1, -0.05) is 13.8 Å². The summed E-state index contributed by atoms with van der Waals surface area (Å²) >= 11 is 0. The van der Waals surface area contributed by atoms with Gasteiger partial charge in [-0.2, -0.15) is 0 Å². The molecule has 0 saturated carbocycles. The number of rotatable bonds is 5. The molecule has 0 fully saturated rings. The summed E-state index contributed by atoms with van der Waals surface area (Å²) in [5.74, 6) is 0.324. The molecule has 0 spiro atoms. The van der Waals surface area contributed by atoms with Crippen LogP contribution in [0.3, 0.4) is 0 Å². The van der Waals surface area contributed by atoms with Crippen molar-refractivity contribution < 1.29 is 14.0 Å². The lowest BCUT2D eigenvalue weighted by Crippen LogP contribution is -2.36. The van der Waals surface area contributed by atoms with Crippen LogP contribution in [0.15, 0.2) is 42.5 Å². The molecule has 6 heteroatoms. The van der Waals surface area contributed by atoms with Gasteiger partial charge in [-0.05, 0) is 66.8 Å². The maximum absolute atomic E-state index is 12.9. The average Bonchev–Trinajstić information content (AvgIpc) is 2.62. The molecule has 1 aliphatic rings. The molecular weight excluding hydrogens is 345 g/mol. The van der Waals surface area contributed by atoms with Crippen LogP contribution >= 0.6 is 0 Å². The van der Waals surface area contributed by atoms with Gasteiger partial charge in [-0.15, -0.1) is 0 Å². The first kappa shape index (κ1) is 18.9. The Hall–Kier alpha value is -2.89. The zero-order valence-electron chi connectivity index (χ0n) is 15.6. The minimum absolute atomic E-state index is 0.151. The maximum Gasteiger partial charge on any atom is 0.323 e. The first-order valence-corrected chi connectivity index (χ1v) is 9.19. The molecule has 2 N–H and O–H groups in total. The van der Waals surface area contributed by atoms with Crippen molar-refractivity contribution in [3.05, 3.63) is 53.8 Å². The topological polar surface area (TPSA) is 61.4 Å². The molecule has 0 aromatic heterocycles. The highest BCUT2D eigenvalue weighted by molar-refractivity contribution is 6.01. The molecule has 1 aliphatic heterocycles. The molecule has 1 heterocycles. The lowest BCUT2D eigenvalue weighted by Gasteiger charge is -2.30. The van der Waals surface area contributed by atoms with E-state index in [9.17, 15) is 14.0 Å². The largest absolute Gasteiger partial charge is 0.323 e. The number of nitrogens with zero attached hydrogens (tertiary/aromatic N) is 1. The van der Waals surface area contributed by atoms with Crippen LogP contribution in [0, 0.1) is 11.7 Å². The Balaban J connectivity index is 1.69. The van der Waals surface area contributed by atoms with Crippen LogP contribution < -0.4 is 15.5 Å². The van der Waals surface area contributed by atoms with Crippen LogP contribution in [0.4, 0.5) is 26.2 Å². The Bertz CT molecular complexity index is 834. The number of halogens is 1. The fourth-order valence-corrected chi connectivity index (χ4v) is 3.10. The number of carbonyl (C=O) groups excluding carboxylic acids is 2. The van der Waals surface area contributed by atoms with E-state index in [1.807, 2.05) is 17.0 Å². The first-order valence-electron chi connectivity index (χ1n) is 9.19. The van der Waals surface area contributed by atoms with E-state index in [4.69, 9.17) is 0 Å². The lowest BCUT2D eigenvalue weighted by atomic mass is 9.99. The average molecular weight is 369 g/mol. The summed E-state index contributed by atoms with van der Waals surface area (Å²) in [4.78, 5) is 26.3. The number of fused-ring (bicyclic) bond motifs is 1. The highest BCUT2D eigenvalue weighted by atomic mass is 19.1. The van der Waals surface area contributed by atoms with Crippen molar-refractivity contribution in [2.24, 2.45) is 5.92 Å². The molecule has 0 aliphatic carbocycles. The Morgan fingerprint density at radius 3 is 2.44 bits per heavy atom. The van der Waals surface area contributed by atoms with Crippen molar-refractivity contribution in [1.29, 1.82) is 0 Å². The molecule has 27 heavy (non-hydrogen) atoms. The maximum atomic E-state index is 12.9. The van der Waals surface area contributed by atoms with Crippen molar-refractivity contribution in [3.8, 4) is 0 Å². The number of amides is 3. The number of benzene rings is 2. The minimum atomic E-state index is -0.398. The monoisotopic (exact) mass is 369 g/mol. The second-order valence-electron chi connectivity index (χ2n) is 7.16. The number of urea groups is 1.